The molecule has 2 rings (SSSR count). The van der Waals surface area contributed by atoms with Gasteiger partial charge in [-0.05, 0) is 32.1 Å². The fraction of sp³-hybridized carbons (Fsp3) is 1.00. The minimum atomic E-state index is 0.686. The first-order valence-corrected chi connectivity index (χ1v) is 7.27. The van der Waals surface area contributed by atoms with E-state index in [0.717, 1.165) is 12.0 Å². The molecule has 1 heterocycles. The lowest BCUT2D eigenvalue weighted by molar-refractivity contribution is 0.101. The Bertz CT molecular complexity index is 199. The van der Waals surface area contributed by atoms with E-state index in [0.29, 0.717) is 6.04 Å². The minimum absolute atomic E-state index is 0.686. The van der Waals surface area contributed by atoms with Crippen LogP contribution in [0.5, 0.6) is 0 Å². The molecule has 0 aromatic carbocycles. The summed E-state index contributed by atoms with van der Waals surface area (Å²) in [4.78, 5) is 2.76. The van der Waals surface area contributed by atoms with Crippen LogP contribution in [0.2, 0.25) is 0 Å². The molecule has 0 aromatic heterocycles. The molecule has 0 radical (unpaired) electrons. The van der Waals surface area contributed by atoms with Crippen molar-refractivity contribution in [3.05, 3.63) is 0 Å². The normalized spacial score (nSPS) is 34.1. The predicted octanol–water partition coefficient (Wildman–Crippen LogP) is 2.64. The zero-order valence-corrected chi connectivity index (χ0v) is 11.0. The molecule has 1 aliphatic carbocycles. The van der Waals surface area contributed by atoms with Crippen molar-refractivity contribution in [2.75, 3.05) is 19.6 Å². The van der Waals surface area contributed by atoms with Crippen molar-refractivity contribution in [1.29, 1.82) is 0 Å². The molecule has 1 saturated heterocycles. The van der Waals surface area contributed by atoms with E-state index in [1.165, 1.54) is 58.2 Å². The van der Waals surface area contributed by atoms with Crippen LogP contribution in [0.25, 0.3) is 0 Å². The van der Waals surface area contributed by atoms with E-state index in [-0.39, 0.29) is 0 Å². The van der Waals surface area contributed by atoms with Gasteiger partial charge in [0.05, 0.1) is 0 Å². The maximum absolute atomic E-state index is 3.61. The molecule has 2 atom stereocenters. The second kappa shape index (κ2) is 6.02. The van der Waals surface area contributed by atoms with Crippen molar-refractivity contribution in [1.82, 2.24) is 10.2 Å². The van der Waals surface area contributed by atoms with Gasteiger partial charge in [0.25, 0.3) is 0 Å². The molecule has 94 valence electrons. The van der Waals surface area contributed by atoms with Gasteiger partial charge in [-0.2, -0.15) is 0 Å². The number of piperazine rings is 1. The molecule has 2 fully saturated rings. The van der Waals surface area contributed by atoms with E-state index in [2.05, 4.69) is 24.1 Å². The van der Waals surface area contributed by atoms with Crippen molar-refractivity contribution in [2.45, 2.75) is 64.5 Å². The molecule has 0 amide bonds. The molecule has 2 nitrogen and oxygen atoms in total. The summed E-state index contributed by atoms with van der Waals surface area (Å²) >= 11 is 0. The summed E-state index contributed by atoms with van der Waals surface area (Å²) in [5.74, 6) is 0.994. The number of rotatable bonds is 3. The second-order valence-electron chi connectivity index (χ2n) is 5.83. The minimum Gasteiger partial charge on any atom is -0.311 e. The zero-order valence-electron chi connectivity index (χ0n) is 11.0. The third-order valence-electron chi connectivity index (χ3n) is 4.42. The molecule has 2 aliphatic rings. The van der Waals surface area contributed by atoms with Gasteiger partial charge in [-0.1, -0.05) is 26.2 Å². The predicted molar refractivity (Wildman–Crippen MR) is 69.7 cm³/mol. The summed E-state index contributed by atoms with van der Waals surface area (Å²) in [5, 5.41) is 3.61. The highest BCUT2D eigenvalue weighted by molar-refractivity contribution is 4.85. The van der Waals surface area contributed by atoms with Crippen LogP contribution in [0.1, 0.15) is 52.4 Å². The van der Waals surface area contributed by atoms with Crippen LogP contribution in [-0.2, 0) is 0 Å². The fourth-order valence-electron chi connectivity index (χ4n) is 3.36. The van der Waals surface area contributed by atoms with Crippen molar-refractivity contribution in [2.24, 2.45) is 5.92 Å². The van der Waals surface area contributed by atoms with E-state index in [4.69, 9.17) is 0 Å². The third kappa shape index (κ3) is 3.21. The molecular formula is C14H28N2. The summed E-state index contributed by atoms with van der Waals surface area (Å²) in [7, 11) is 0. The Morgan fingerprint density at radius 1 is 1.19 bits per heavy atom. The Kier molecular flexibility index (Phi) is 4.66. The molecule has 1 N–H and O–H groups in total. The monoisotopic (exact) mass is 224 g/mol. The Morgan fingerprint density at radius 2 is 1.94 bits per heavy atom. The molecule has 1 saturated carbocycles. The summed E-state index contributed by atoms with van der Waals surface area (Å²) in [6, 6.07) is 1.48. The van der Waals surface area contributed by atoms with Crippen LogP contribution in [0, 0.1) is 5.92 Å². The van der Waals surface area contributed by atoms with Gasteiger partial charge in [-0.25, -0.2) is 0 Å². The zero-order chi connectivity index (χ0) is 11.4. The molecule has 16 heavy (non-hydrogen) atoms. The van der Waals surface area contributed by atoms with Gasteiger partial charge >= 0.3 is 0 Å². The number of hydrogen-bond acceptors (Lipinski definition) is 2. The van der Waals surface area contributed by atoms with Crippen LogP contribution < -0.4 is 5.32 Å². The number of nitrogens with zero attached hydrogens (tertiary/aromatic N) is 1. The molecular weight excluding hydrogens is 196 g/mol. The third-order valence-corrected chi connectivity index (χ3v) is 4.42. The van der Waals surface area contributed by atoms with Gasteiger partial charge in [0, 0.05) is 31.7 Å². The van der Waals surface area contributed by atoms with Crippen molar-refractivity contribution < 1.29 is 0 Å². The van der Waals surface area contributed by atoms with Gasteiger partial charge in [0.15, 0.2) is 0 Å². The van der Waals surface area contributed by atoms with E-state index >= 15 is 0 Å². The van der Waals surface area contributed by atoms with Gasteiger partial charge < -0.3 is 5.32 Å². The van der Waals surface area contributed by atoms with Gasteiger partial charge in [-0.3, -0.25) is 4.90 Å². The summed E-state index contributed by atoms with van der Waals surface area (Å²) < 4.78 is 0. The SMILES string of the molecule is CCC1CNC(C)CN1CC1CCCCC1. The molecule has 0 spiro atoms. The Hall–Kier alpha value is -0.0800. The van der Waals surface area contributed by atoms with Crippen molar-refractivity contribution >= 4 is 0 Å². The second-order valence-corrected chi connectivity index (χ2v) is 5.83. The van der Waals surface area contributed by atoms with Crippen LogP contribution in [0.3, 0.4) is 0 Å². The molecule has 0 bridgehead atoms. The first-order valence-electron chi connectivity index (χ1n) is 7.27. The van der Waals surface area contributed by atoms with Crippen LogP contribution in [0.4, 0.5) is 0 Å². The highest BCUT2D eigenvalue weighted by Crippen LogP contribution is 2.25. The maximum Gasteiger partial charge on any atom is 0.0218 e. The molecule has 1 aliphatic heterocycles. The quantitative estimate of drug-likeness (QED) is 0.793. The van der Waals surface area contributed by atoms with Gasteiger partial charge in [-0.15, -0.1) is 0 Å². The average molecular weight is 224 g/mol. The fourth-order valence-corrected chi connectivity index (χ4v) is 3.36. The summed E-state index contributed by atoms with van der Waals surface area (Å²) in [6.45, 7) is 8.47. The molecule has 0 aromatic rings. The summed E-state index contributed by atoms with van der Waals surface area (Å²) in [5.41, 5.74) is 0. The Balaban J connectivity index is 1.84. The average Bonchev–Trinajstić information content (AvgIpc) is 2.31. The van der Waals surface area contributed by atoms with E-state index in [9.17, 15) is 0 Å². The molecule has 2 unspecified atom stereocenters. The first-order chi connectivity index (χ1) is 7.79. The standard InChI is InChI=1S/C14H28N2/c1-3-14-9-15-12(2)10-16(14)11-13-7-5-4-6-8-13/h12-15H,3-11H2,1-2H3. The molecule has 2 heteroatoms. The van der Waals surface area contributed by atoms with Crippen molar-refractivity contribution in [3.63, 3.8) is 0 Å². The lowest BCUT2D eigenvalue weighted by Crippen LogP contribution is -2.56. The van der Waals surface area contributed by atoms with Gasteiger partial charge in [0.1, 0.15) is 0 Å². The number of hydrogen-bond donors (Lipinski definition) is 1. The highest BCUT2D eigenvalue weighted by atomic mass is 15.2. The number of nitrogens with one attached hydrogen (secondary N) is 1. The van der Waals surface area contributed by atoms with E-state index < -0.39 is 0 Å². The Labute approximate surface area is 101 Å². The van der Waals surface area contributed by atoms with Crippen molar-refractivity contribution in [3.8, 4) is 0 Å². The highest BCUT2D eigenvalue weighted by Gasteiger charge is 2.26. The maximum atomic E-state index is 3.61. The topological polar surface area (TPSA) is 15.3 Å². The van der Waals surface area contributed by atoms with Gasteiger partial charge in [0.2, 0.25) is 0 Å². The van der Waals surface area contributed by atoms with Crippen LogP contribution in [-0.4, -0.2) is 36.6 Å². The largest absolute Gasteiger partial charge is 0.311 e. The lowest BCUT2D eigenvalue weighted by atomic mass is 9.88. The summed E-state index contributed by atoms with van der Waals surface area (Å²) in [6.07, 6.45) is 8.69. The van der Waals surface area contributed by atoms with Crippen LogP contribution >= 0.6 is 0 Å². The lowest BCUT2D eigenvalue weighted by Gasteiger charge is -2.41. The van der Waals surface area contributed by atoms with E-state index in [1.54, 1.807) is 0 Å². The van der Waals surface area contributed by atoms with E-state index in [1.807, 2.05) is 0 Å². The first kappa shape index (κ1) is 12.4. The van der Waals surface area contributed by atoms with Crippen LogP contribution in [0.15, 0.2) is 0 Å². The Morgan fingerprint density at radius 3 is 2.62 bits per heavy atom. The smallest absolute Gasteiger partial charge is 0.0218 e.